The lowest BCUT2D eigenvalue weighted by molar-refractivity contribution is -0.116. The summed E-state index contributed by atoms with van der Waals surface area (Å²) in [6.07, 6.45) is 1.68. The Bertz CT molecular complexity index is 917. The van der Waals surface area contributed by atoms with Gasteiger partial charge in [-0.1, -0.05) is 6.07 Å². The van der Waals surface area contributed by atoms with Gasteiger partial charge in [0, 0.05) is 16.8 Å². The first-order valence-corrected chi connectivity index (χ1v) is 7.26. The summed E-state index contributed by atoms with van der Waals surface area (Å²) in [7, 11) is 1.31. The molecule has 1 heterocycles. The number of esters is 1. The van der Waals surface area contributed by atoms with Crippen LogP contribution in [-0.2, 0) is 16.1 Å². The molecule has 0 atom stereocenters. The van der Waals surface area contributed by atoms with E-state index in [4.69, 9.17) is 5.73 Å². The molecule has 1 aromatic heterocycles. The standard InChI is InChI=1S/C17H16N4O3/c1-24-17(23)11-3-2-4-14(7-11)20-16(22)10-21-15-8-13(18)6-5-12(15)9-19-21/h2-9H,10,18H2,1H3,(H,20,22). The van der Waals surface area contributed by atoms with Gasteiger partial charge in [0.25, 0.3) is 0 Å². The van der Waals surface area contributed by atoms with Crippen LogP contribution in [0.3, 0.4) is 0 Å². The maximum absolute atomic E-state index is 12.2. The van der Waals surface area contributed by atoms with Gasteiger partial charge in [-0.05, 0) is 36.4 Å². The van der Waals surface area contributed by atoms with Crippen LogP contribution in [-0.4, -0.2) is 28.8 Å². The average Bonchev–Trinajstić information content (AvgIpc) is 2.96. The lowest BCUT2D eigenvalue weighted by Gasteiger charge is -2.08. The summed E-state index contributed by atoms with van der Waals surface area (Å²) in [5.74, 6) is -0.718. The Morgan fingerprint density at radius 1 is 1.25 bits per heavy atom. The highest BCUT2D eigenvalue weighted by molar-refractivity contribution is 5.95. The van der Waals surface area contributed by atoms with E-state index in [1.807, 2.05) is 6.07 Å². The number of fused-ring (bicyclic) bond motifs is 1. The molecule has 0 aliphatic rings. The van der Waals surface area contributed by atoms with Crippen LogP contribution >= 0.6 is 0 Å². The van der Waals surface area contributed by atoms with Crippen LogP contribution < -0.4 is 11.1 Å². The molecule has 0 saturated carbocycles. The van der Waals surface area contributed by atoms with Crippen molar-refractivity contribution in [3.05, 3.63) is 54.2 Å². The number of carbonyl (C=O) groups excluding carboxylic acids is 2. The quantitative estimate of drug-likeness (QED) is 0.565. The van der Waals surface area contributed by atoms with Crippen LogP contribution in [0.15, 0.2) is 48.7 Å². The Kier molecular flexibility index (Phi) is 4.15. The Hall–Kier alpha value is -3.35. The SMILES string of the molecule is COC(=O)c1cccc(NC(=O)Cn2ncc3ccc(N)cc32)c1. The Balaban J connectivity index is 1.75. The molecule has 7 nitrogen and oxygen atoms in total. The van der Waals surface area contributed by atoms with Crippen LogP contribution in [0.4, 0.5) is 11.4 Å². The van der Waals surface area contributed by atoms with Crippen molar-refractivity contribution < 1.29 is 14.3 Å². The fourth-order valence-electron chi connectivity index (χ4n) is 2.39. The zero-order valence-electron chi connectivity index (χ0n) is 13.0. The maximum atomic E-state index is 12.2. The first kappa shape index (κ1) is 15.5. The maximum Gasteiger partial charge on any atom is 0.337 e. The number of carbonyl (C=O) groups is 2. The van der Waals surface area contributed by atoms with Crippen molar-refractivity contribution in [3.8, 4) is 0 Å². The summed E-state index contributed by atoms with van der Waals surface area (Å²) in [5, 5.41) is 7.85. The summed E-state index contributed by atoms with van der Waals surface area (Å²) >= 11 is 0. The fraction of sp³-hybridized carbons (Fsp3) is 0.118. The Morgan fingerprint density at radius 3 is 2.88 bits per heavy atom. The van der Waals surface area contributed by atoms with Crippen molar-refractivity contribution in [2.24, 2.45) is 0 Å². The summed E-state index contributed by atoms with van der Waals surface area (Å²) < 4.78 is 6.24. The average molecular weight is 324 g/mol. The van der Waals surface area contributed by atoms with Crippen LogP contribution in [0, 0.1) is 0 Å². The van der Waals surface area contributed by atoms with Gasteiger partial charge in [-0.2, -0.15) is 5.10 Å². The van der Waals surface area contributed by atoms with Gasteiger partial charge < -0.3 is 15.8 Å². The fourth-order valence-corrected chi connectivity index (χ4v) is 2.39. The molecule has 3 rings (SSSR count). The number of benzene rings is 2. The second-order valence-electron chi connectivity index (χ2n) is 5.24. The number of rotatable bonds is 4. The number of nitrogen functional groups attached to an aromatic ring is 1. The molecule has 0 fully saturated rings. The summed E-state index contributed by atoms with van der Waals surface area (Å²) in [6.45, 7) is 0.0371. The number of methoxy groups -OCH3 is 1. The molecule has 3 aromatic rings. The van der Waals surface area contributed by atoms with Crippen LogP contribution in [0.2, 0.25) is 0 Å². The van der Waals surface area contributed by atoms with Crippen molar-refractivity contribution in [1.29, 1.82) is 0 Å². The topological polar surface area (TPSA) is 99.2 Å². The normalized spacial score (nSPS) is 10.5. The smallest absolute Gasteiger partial charge is 0.337 e. The molecule has 3 N–H and O–H groups in total. The third-order valence-corrected chi connectivity index (χ3v) is 3.53. The van der Waals surface area contributed by atoms with E-state index in [-0.39, 0.29) is 12.5 Å². The number of ether oxygens (including phenoxy) is 1. The van der Waals surface area contributed by atoms with Gasteiger partial charge in [0.15, 0.2) is 0 Å². The van der Waals surface area contributed by atoms with E-state index in [0.717, 1.165) is 10.9 Å². The molecule has 2 aromatic carbocycles. The van der Waals surface area contributed by atoms with Gasteiger partial charge in [-0.3, -0.25) is 9.48 Å². The molecule has 0 aliphatic carbocycles. The molecule has 24 heavy (non-hydrogen) atoms. The number of hydrogen-bond donors (Lipinski definition) is 2. The largest absolute Gasteiger partial charge is 0.465 e. The minimum atomic E-state index is -0.459. The molecular weight excluding hydrogens is 308 g/mol. The summed E-state index contributed by atoms with van der Waals surface area (Å²) in [5.41, 5.74) is 8.05. The van der Waals surface area contributed by atoms with Crippen LogP contribution in [0.5, 0.6) is 0 Å². The Morgan fingerprint density at radius 2 is 2.08 bits per heavy atom. The number of hydrogen-bond acceptors (Lipinski definition) is 5. The van der Waals surface area contributed by atoms with E-state index < -0.39 is 5.97 Å². The van der Waals surface area contributed by atoms with E-state index >= 15 is 0 Å². The molecule has 0 spiro atoms. The zero-order valence-corrected chi connectivity index (χ0v) is 13.0. The summed E-state index contributed by atoms with van der Waals surface area (Å²) in [4.78, 5) is 23.8. The predicted molar refractivity (Wildman–Crippen MR) is 90.6 cm³/mol. The third kappa shape index (κ3) is 3.19. The first-order chi connectivity index (χ1) is 11.6. The highest BCUT2D eigenvalue weighted by atomic mass is 16.5. The molecule has 1 amide bonds. The molecule has 0 aliphatic heterocycles. The van der Waals surface area contributed by atoms with Crippen molar-refractivity contribution in [2.75, 3.05) is 18.2 Å². The van der Waals surface area contributed by atoms with E-state index in [9.17, 15) is 9.59 Å². The summed E-state index contributed by atoms with van der Waals surface area (Å²) in [6, 6.07) is 12.0. The molecule has 0 saturated heterocycles. The number of aromatic nitrogens is 2. The van der Waals surface area contributed by atoms with Crippen molar-refractivity contribution in [2.45, 2.75) is 6.54 Å². The van der Waals surface area contributed by atoms with Gasteiger partial charge in [0.2, 0.25) is 5.91 Å². The molecule has 0 radical (unpaired) electrons. The highest BCUT2D eigenvalue weighted by Gasteiger charge is 2.10. The number of amides is 1. The van der Waals surface area contributed by atoms with Crippen molar-refractivity contribution in [1.82, 2.24) is 9.78 Å². The number of nitrogens with one attached hydrogen (secondary N) is 1. The van der Waals surface area contributed by atoms with E-state index in [0.29, 0.717) is 16.9 Å². The molecular formula is C17H16N4O3. The molecule has 0 bridgehead atoms. The second-order valence-corrected chi connectivity index (χ2v) is 5.24. The van der Waals surface area contributed by atoms with Crippen molar-refractivity contribution >= 4 is 34.2 Å². The van der Waals surface area contributed by atoms with E-state index in [1.165, 1.54) is 7.11 Å². The van der Waals surface area contributed by atoms with Crippen molar-refractivity contribution in [3.63, 3.8) is 0 Å². The van der Waals surface area contributed by atoms with Gasteiger partial charge in [-0.15, -0.1) is 0 Å². The first-order valence-electron chi connectivity index (χ1n) is 7.26. The Labute approximate surface area is 138 Å². The minimum absolute atomic E-state index is 0.0371. The lowest BCUT2D eigenvalue weighted by atomic mass is 10.2. The minimum Gasteiger partial charge on any atom is -0.465 e. The molecule has 0 unspecified atom stereocenters. The monoisotopic (exact) mass is 324 g/mol. The van der Waals surface area contributed by atoms with Gasteiger partial charge >= 0.3 is 5.97 Å². The van der Waals surface area contributed by atoms with Gasteiger partial charge in [0.05, 0.1) is 24.4 Å². The number of nitrogens with two attached hydrogens (primary N) is 1. The van der Waals surface area contributed by atoms with Gasteiger partial charge in [-0.25, -0.2) is 4.79 Å². The number of anilines is 2. The predicted octanol–water partition coefficient (Wildman–Crippen LogP) is 2.04. The number of nitrogens with zero attached hydrogens (tertiary/aromatic N) is 2. The highest BCUT2D eigenvalue weighted by Crippen LogP contribution is 2.17. The lowest BCUT2D eigenvalue weighted by Crippen LogP contribution is -2.19. The van der Waals surface area contributed by atoms with Crippen LogP contribution in [0.1, 0.15) is 10.4 Å². The third-order valence-electron chi connectivity index (χ3n) is 3.53. The molecule has 122 valence electrons. The molecule has 7 heteroatoms. The second kappa shape index (κ2) is 6.41. The van der Waals surface area contributed by atoms with E-state index in [1.54, 1.807) is 47.3 Å². The zero-order chi connectivity index (χ0) is 17.1. The van der Waals surface area contributed by atoms with Crippen LogP contribution in [0.25, 0.3) is 10.9 Å². The van der Waals surface area contributed by atoms with E-state index in [2.05, 4.69) is 15.2 Å². The van der Waals surface area contributed by atoms with Gasteiger partial charge in [0.1, 0.15) is 6.54 Å².